The van der Waals surface area contributed by atoms with E-state index in [4.69, 9.17) is 0 Å². The van der Waals surface area contributed by atoms with Gasteiger partial charge in [0.15, 0.2) is 0 Å². The standard InChI is InChI=1S/C17H25FN4O.ClH/c18-14-5-3-13(4-6-14)16-15(11-21-22-16)17(23)20-9-7-12-2-1-8-19-10-12;/h3-6,12,15-16,19,21-22H,1-2,7-11H2,(H,20,23);1H. The van der Waals surface area contributed by atoms with Crippen LogP contribution >= 0.6 is 12.4 Å². The third-order valence-electron chi connectivity index (χ3n) is 4.80. The van der Waals surface area contributed by atoms with Gasteiger partial charge in [0, 0.05) is 13.1 Å². The minimum absolute atomic E-state index is 0. The Labute approximate surface area is 148 Å². The van der Waals surface area contributed by atoms with E-state index >= 15 is 0 Å². The van der Waals surface area contributed by atoms with Gasteiger partial charge in [0.2, 0.25) is 5.91 Å². The van der Waals surface area contributed by atoms with Crippen LogP contribution in [0.1, 0.15) is 30.9 Å². The Morgan fingerprint density at radius 1 is 1.25 bits per heavy atom. The lowest BCUT2D eigenvalue weighted by atomic mass is 9.93. The predicted molar refractivity (Wildman–Crippen MR) is 94.2 cm³/mol. The number of piperidine rings is 1. The van der Waals surface area contributed by atoms with Gasteiger partial charge in [-0.25, -0.2) is 9.82 Å². The number of benzene rings is 1. The van der Waals surface area contributed by atoms with Crippen LogP contribution in [0.4, 0.5) is 4.39 Å². The lowest BCUT2D eigenvalue weighted by Gasteiger charge is -2.23. The highest BCUT2D eigenvalue weighted by molar-refractivity contribution is 5.85. The molecule has 0 radical (unpaired) electrons. The molecule has 0 aliphatic carbocycles. The molecular weight excluding hydrogens is 331 g/mol. The maximum atomic E-state index is 13.1. The fourth-order valence-electron chi connectivity index (χ4n) is 3.43. The van der Waals surface area contributed by atoms with Crippen molar-refractivity contribution < 1.29 is 9.18 Å². The van der Waals surface area contributed by atoms with E-state index < -0.39 is 0 Å². The van der Waals surface area contributed by atoms with E-state index in [2.05, 4.69) is 21.5 Å². The molecule has 3 rings (SSSR count). The average molecular weight is 357 g/mol. The van der Waals surface area contributed by atoms with Crippen molar-refractivity contribution in [3.8, 4) is 0 Å². The van der Waals surface area contributed by atoms with Gasteiger partial charge in [0.25, 0.3) is 0 Å². The summed E-state index contributed by atoms with van der Waals surface area (Å²) in [6.45, 7) is 3.47. The molecule has 0 bridgehead atoms. The van der Waals surface area contributed by atoms with Crippen LogP contribution in [0.25, 0.3) is 0 Å². The highest BCUT2D eigenvalue weighted by Crippen LogP contribution is 2.25. The number of halogens is 2. The van der Waals surface area contributed by atoms with E-state index in [-0.39, 0.29) is 36.1 Å². The summed E-state index contributed by atoms with van der Waals surface area (Å²) in [7, 11) is 0. The molecule has 0 spiro atoms. The predicted octanol–water partition coefficient (Wildman–Crippen LogP) is 1.52. The Hall–Kier alpha value is -1.21. The van der Waals surface area contributed by atoms with E-state index in [0.717, 1.165) is 31.6 Å². The van der Waals surface area contributed by atoms with Crippen LogP contribution in [0.15, 0.2) is 24.3 Å². The Balaban J connectivity index is 0.00000208. The smallest absolute Gasteiger partial charge is 0.226 e. The number of carbonyl (C=O) groups is 1. The summed E-state index contributed by atoms with van der Waals surface area (Å²) >= 11 is 0. The molecule has 134 valence electrons. The van der Waals surface area contributed by atoms with Crippen LogP contribution < -0.4 is 21.5 Å². The first-order valence-electron chi connectivity index (χ1n) is 8.46. The summed E-state index contributed by atoms with van der Waals surface area (Å²) in [6, 6.07) is 6.20. The Morgan fingerprint density at radius 2 is 2.04 bits per heavy atom. The summed E-state index contributed by atoms with van der Waals surface area (Å²) in [4.78, 5) is 12.5. The largest absolute Gasteiger partial charge is 0.356 e. The van der Waals surface area contributed by atoms with Crippen molar-refractivity contribution in [3.63, 3.8) is 0 Å². The molecule has 2 fully saturated rings. The number of rotatable bonds is 5. The topological polar surface area (TPSA) is 65.2 Å². The number of hydrogen-bond acceptors (Lipinski definition) is 4. The molecule has 2 aliphatic rings. The zero-order chi connectivity index (χ0) is 16.1. The van der Waals surface area contributed by atoms with E-state index in [0.29, 0.717) is 12.5 Å². The molecule has 0 saturated carbocycles. The lowest BCUT2D eigenvalue weighted by Crippen LogP contribution is -2.37. The molecule has 1 amide bonds. The number of nitrogens with one attached hydrogen (secondary N) is 4. The minimum Gasteiger partial charge on any atom is -0.356 e. The van der Waals surface area contributed by atoms with Gasteiger partial charge in [-0.1, -0.05) is 12.1 Å². The molecule has 3 atom stereocenters. The van der Waals surface area contributed by atoms with Gasteiger partial charge in [-0.05, 0) is 56.0 Å². The SMILES string of the molecule is Cl.O=C(NCCC1CCCNC1)C1CNNC1c1ccc(F)cc1. The van der Waals surface area contributed by atoms with Crippen molar-refractivity contribution in [2.75, 3.05) is 26.2 Å². The maximum Gasteiger partial charge on any atom is 0.226 e. The second-order valence-electron chi connectivity index (χ2n) is 6.45. The Kier molecular flexibility index (Phi) is 7.42. The van der Waals surface area contributed by atoms with Crippen molar-refractivity contribution in [1.82, 2.24) is 21.5 Å². The van der Waals surface area contributed by atoms with Gasteiger partial charge < -0.3 is 10.6 Å². The first-order chi connectivity index (χ1) is 11.2. The molecule has 5 nitrogen and oxygen atoms in total. The van der Waals surface area contributed by atoms with Crippen LogP contribution in [0.3, 0.4) is 0 Å². The van der Waals surface area contributed by atoms with Gasteiger partial charge >= 0.3 is 0 Å². The Morgan fingerprint density at radius 3 is 2.75 bits per heavy atom. The van der Waals surface area contributed by atoms with E-state index in [1.165, 1.54) is 25.0 Å². The molecule has 24 heavy (non-hydrogen) atoms. The molecule has 2 heterocycles. The van der Waals surface area contributed by atoms with Gasteiger partial charge in [0.05, 0.1) is 12.0 Å². The summed E-state index contributed by atoms with van der Waals surface area (Å²) in [5.41, 5.74) is 7.09. The second kappa shape index (κ2) is 9.32. The monoisotopic (exact) mass is 356 g/mol. The molecule has 2 saturated heterocycles. The van der Waals surface area contributed by atoms with Gasteiger partial charge in [0.1, 0.15) is 5.82 Å². The number of carbonyl (C=O) groups excluding carboxylic acids is 1. The zero-order valence-corrected chi connectivity index (χ0v) is 14.5. The number of hydrogen-bond donors (Lipinski definition) is 4. The van der Waals surface area contributed by atoms with E-state index in [1.54, 1.807) is 12.1 Å². The summed E-state index contributed by atoms with van der Waals surface area (Å²) in [5, 5.41) is 6.46. The lowest BCUT2D eigenvalue weighted by molar-refractivity contribution is -0.125. The molecular formula is C17H26ClFN4O. The van der Waals surface area contributed by atoms with Crippen molar-refractivity contribution in [2.24, 2.45) is 11.8 Å². The molecule has 0 aromatic heterocycles. The van der Waals surface area contributed by atoms with Crippen LogP contribution in [0.5, 0.6) is 0 Å². The third-order valence-corrected chi connectivity index (χ3v) is 4.80. The van der Waals surface area contributed by atoms with E-state index in [9.17, 15) is 9.18 Å². The summed E-state index contributed by atoms with van der Waals surface area (Å²) < 4.78 is 13.1. The van der Waals surface area contributed by atoms with Gasteiger partial charge in [-0.15, -0.1) is 12.4 Å². The van der Waals surface area contributed by atoms with Gasteiger partial charge in [-0.2, -0.15) is 0 Å². The van der Waals surface area contributed by atoms with Crippen molar-refractivity contribution in [2.45, 2.75) is 25.3 Å². The quantitative estimate of drug-likeness (QED) is 0.646. The van der Waals surface area contributed by atoms with Gasteiger partial charge in [-0.3, -0.25) is 10.2 Å². The van der Waals surface area contributed by atoms with Crippen LogP contribution in [-0.2, 0) is 4.79 Å². The minimum atomic E-state index is -0.262. The highest BCUT2D eigenvalue weighted by atomic mass is 35.5. The molecule has 2 aliphatic heterocycles. The normalized spacial score (nSPS) is 26.6. The summed E-state index contributed by atoms with van der Waals surface area (Å²) in [5.74, 6) is 0.282. The van der Waals surface area contributed by atoms with Crippen molar-refractivity contribution in [1.29, 1.82) is 0 Å². The van der Waals surface area contributed by atoms with Crippen LogP contribution in [-0.4, -0.2) is 32.1 Å². The summed E-state index contributed by atoms with van der Waals surface area (Å²) in [6.07, 6.45) is 3.49. The second-order valence-corrected chi connectivity index (χ2v) is 6.45. The molecule has 1 aromatic carbocycles. The average Bonchev–Trinajstić information content (AvgIpc) is 3.06. The molecule has 4 N–H and O–H groups in total. The molecule has 1 aromatic rings. The fourth-order valence-corrected chi connectivity index (χ4v) is 3.43. The van der Waals surface area contributed by atoms with E-state index in [1.807, 2.05) is 0 Å². The van der Waals surface area contributed by atoms with Crippen LogP contribution in [0, 0.1) is 17.7 Å². The molecule has 7 heteroatoms. The van der Waals surface area contributed by atoms with Crippen molar-refractivity contribution in [3.05, 3.63) is 35.6 Å². The zero-order valence-electron chi connectivity index (χ0n) is 13.7. The number of hydrazine groups is 1. The third kappa shape index (κ3) is 4.89. The fraction of sp³-hybridized carbons (Fsp3) is 0.588. The highest BCUT2D eigenvalue weighted by Gasteiger charge is 2.33. The number of amides is 1. The van der Waals surface area contributed by atoms with Crippen molar-refractivity contribution >= 4 is 18.3 Å². The maximum absolute atomic E-state index is 13.1. The Bertz CT molecular complexity index is 522. The molecule has 3 unspecified atom stereocenters. The van der Waals surface area contributed by atoms with Crippen LogP contribution in [0.2, 0.25) is 0 Å². The first-order valence-corrected chi connectivity index (χ1v) is 8.46. The first kappa shape index (κ1) is 19.1.